The van der Waals surface area contributed by atoms with Crippen molar-refractivity contribution in [1.82, 2.24) is 15.8 Å². The first-order valence-electron chi connectivity index (χ1n) is 12.8. The standard InChI is InChI=1S/C28H30Cl2N6O4/c1-17-24-25(36-40-17)19-7-9-20(10-8-19)39-12-6-4-2-3-5-11-32-16-23(37)34-26-21(29)13-18(14-22(26)30)15-33-28(31)35-27(24)38/h4,6-10,13-14,32H,2-3,5,11-12,15-16H2,1H3,(H,34,37)(H3,31,33,35,38). The minimum absolute atomic E-state index is 0.0904. The van der Waals surface area contributed by atoms with Crippen LogP contribution >= 0.6 is 23.2 Å². The van der Waals surface area contributed by atoms with Gasteiger partial charge in [0.25, 0.3) is 5.91 Å². The number of benzene rings is 2. The lowest BCUT2D eigenvalue weighted by molar-refractivity contribution is -0.115. The zero-order valence-corrected chi connectivity index (χ0v) is 23.4. The number of hydrogen-bond donors (Lipinski definition) is 4. The molecule has 5 N–H and O–H groups in total. The molecule has 0 atom stereocenters. The molecule has 210 valence electrons. The Morgan fingerprint density at radius 1 is 1.00 bits per heavy atom. The number of hydrogen-bond acceptors (Lipinski definition) is 8. The molecule has 0 saturated heterocycles. The summed E-state index contributed by atoms with van der Waals surface area (Å²) in [7, 11) is 0. The van der Waals surface area contributed by atoms with Crippen LogP contribution in [0.25, 0.3) is 11.3 Å². The van der Waals surface area contributed by atoms with Crippen molar-refractivity contribution in [2.45, 2.75) is 32.7 Å². The molecule has 0 saturated carbocycles. The zero-order chi connectivity index (χ0) is 28.5. The minimum atomic E-state index is -0.513. The first-order chi connectivity index (χ1) is 19.3. The van der Waals surface area contributed by atoms with Crippen molar-refractivity contribution in [3.05, 3.63) is 75.5 Å². The van der Waals surface area contributed by atoms with E-state index in [9.17, 15) is 9.59 Å². The number of rotatable bonds is 0. The van der Waals surface area contributed by atoms with Gasteiger partial charge in [-0.15, -0.1) is 0 Å². The molecule has 2 aromatic carbocycles. The lowest BCUT2D eigenvalue weighted by atomic mass is 10.1. The largest absolute Gasteiger partial charge is 0.490 e. The van der Waals surface area contributed by atoms with E-state index in [4.69, 9.17) is 38.2 Å². The third kappa shape index (κ3) is 7.84. The lowest BCUT2D eigenvalue weighted by Gasteiger charge is -2.12. The number of aryl methyl sites for hydroxylation is 1. The Morgan fingerprint density at radius 2 is 1.75 bits per heavy atom. The molecule has 3 aliphatic rings. The number of nitrogens with two attached hydrogens (primary N) is 1. The molecule has 10 nitrogen and oxygen atoms in total. The molecule has 0 aliphatic carbocycles. The average molecular weight is 585 g/mol. The van der Waals surface area contributed by atoms with Gasteiger partial charge in [-0.2, -0.15) is 0 Å². The maximum Gasteiger partial charge on any atom is 0.263 e. The first-order valence-corrected chi connectivity index (χ1v) is 13.5. The second-order valence-corrected chi connectivity index (χ2v) is 9.89. The van der Waals surface area contributed by atoms with Gasteiger partial charge in [-0.1, -0.05) is 40.5 Å². The summed E-state index contributed by atoms with van der Waals surface area (Å²) in [6, 6.07) is 10.5. The van der Waals surface area contributed by atoms with Crippen molar-refractivity contribution in [3.8, 4) is 17.0 Å². The number of carbonyl (C=O) groups is 2. The number of nitrogens with zero attached hydrogens (tertiary/aromatic N) is 2. The van der Waals surface area contributed by atoms with Crippen LogP contribution in [-0.4, -0.2) is 42.6 Å². The molecule has 2 amide bonds. The molecule has 12 heteroatoms. The Morgan fingerprint density at radius 3 is 2.50 bits per heavy atom. The van der Waals surface area contributed by atoms with E-state index >= 15 is 0 Å². The number of aliphatic imine (C=N–C) groups is 1. The highest BCUT2D eigenvalue weighted by atomic mass is 35.5. The zero-order valence-electron chi connectivity index (χ0n) is 21.9. The summed E-state index contributed by atoms with van der Waals surface area (Å²) < 4.78 is 11.1. The summed E-state index contributed by atoms with van der Waals surface area (Å²) in [4.78, 5) is 29.7. The van der Waals surface area contributed by atoms with Crippen LogP contribution in [0.5, 0.6) is 5.75 Å². The van der Waals surface area contributed by atoms with E-state index < -0.39 is 5.91 Å². The highest BCUT2D eigenvalue weighted by Crippen LogP contribution is 2.32. The molecule has 0 unspecified atom stereocenters. The van der Waals surface area contributed by atoms with Gasteiger partial charge < -0.3 is 25.6 Å². The van der Waals surface area contributed by atoms with E-state index in [2.05, 4.69) is 32.2 Å². The number of amides is 2. The molecule has 0 fully saturated rings. The first kappa shape index (κ1) is 29.1. The highest BCUT2D eigenvalue weighted by molar-refractivity contribution is 6.39. The van der Waals surface area contributed by atoms with Crippen molar-refractivity contribution in [3.63, 3.8) is 0 Å². The number of aromatic nitrogens is 1. The fourth-order valence-corrected chi connectivity index (χ4v) is 4.63. The van der Waals surface area contributed by atoms with E-state index in [1.807, 2.05) is 6.08 Å². The van der Waals surface area contributed by atoms with Crippen LogP contribution in [0.15, 0.2) is 58.1 Å². The number of fused-ring (bicyclic) bond motifs is 2. The number of allylic oxidation sites excluding steroid dienone is 1. The summed E-state index contributed by atoms with van der Waals surface area (Å²) >= 11 is 12.8. The van der Waals surface area contributed by atoms with Crippen LogP contribution in [0.3, 0.4) is 0 Å². The Hall–Kier alpha value is -3.86. The van der Waals surface area contributed by atoms with Gasteiger partial charge in [-0.25, -0.2) is 4.99 Å². The monoisotopic (exact) mass is 584 g/mol. The van der Waals surface area contributed by atoms with Gasteiger partial charge in [0.15, 0.2) is 5.96 Å². The topological polar surface area (TPSA) is 144 Å². The molecule has 40 heavy (non-hydrogen) atoms. The highest BCUT2D eigenvalue weighted by Gasteiger charge is 2.22. The Labute approximate surface area is 241 Å². The van der Waals surface area contributed by atoms with Crippen molar-refractivity contribution in [2.75, 3.05) is 25.0 Å². The van der Waals surface area contributed by atoms with E-state index in [-0.39, 0.29) is 40.6 Å². The maximum atomic E-state index is 13.1. The molecule has 3 aliphatic heterocycles. The minimum Gasteiger partial charge on any atom is -0.490 e. The van der Waals surface area contributed by atoms with Crippen LogP contribution in [0.2, 0.25) is 10.0 Å². The lowest BCUT2D eigenvalue weighted by Crippen LogP contribution is -2.37. The van der Waals surface area contributed by atoms with Gasteiger partial charge in [0.1, 0.15) is 29.4 Å². The Bertz CT molecular complexity index is 1400. The van der Waals surface area contributed by atoms with E-state index in [0.717, 1.165) is 19.3 Å². The maximum absolute atomic E-state index is 13.1. The fraction of sp³-hybridized carbons (Fsp3) is 0.286. The van der Waals surface area contributed by atoms with Gasteiger partial charge in [0, 0.05) is 5.56 Å². The Kier molecular flexibility index (Phi) is 10.2. The molecule has 0 spiro atoms. The number of nitrogens with one attached hydrogen (secondary N) is 3. The van der Waals surface area contributed by atoms with Crippen LogP contribution in [0, 0.1) is 6.92 Å². The number of guanidine groups is 1. The number of ether oxygens (including phenoxy) is 1. The number of anilines is 1. The molecular weight excluding hydrogens is 555 g/mol. The average Bonchev–Trinajstić information content (AvgIpc) is 3.32. The molecule has 3 aromatic rings. The fourth-order valence-electron chi connectivity index (χ4n) is 4.00. The van der Waals surface area contributed by atoms with Crippen LogP contribution in [0.4, 0.5) is 5.69 Å². The van der Waals surface area contributed by atoms with Gasteiger partial charge >= 0.3 is 0 Å². The summed E-state index contributed by atoms with van der Waals surface area (Å²) in [6.45, 7) is 2.99. The molecule has 4 heterocycles. The van der Waals surface area contributed by atoms with Crippen LogP contribution in [0.1, 0.15) is 40.9 Å². The summed E-state index contributed by atoms with van der Waals surface area (Å²) in [5, 5.41) is 13.0. The second-order valence-electron chi connectivity index (χ2n) is 9.08. The molecule has 4 bridgehead atoms. The molecule has 0 radical (unpaired) electrons. The second kappa shape index (κ2) is 14.0. The normalized spacial score (nSPS) is 15.9. The molecule has 6 rings (SSSR count). The van der Waals surface area contributed by atoms with Gasteiger partial charge in [-0.05, 0) is 74.7 Å². The predicted octanol–water partition coefficient (Wildman–Crippen LogP) is 4.85. The Balaban J connectivity index is 1.55. The SMILES string of the molecule is Cc1onc2c1C(=O)NC(N)=NCc1cc(Cl)c(c(Cl)c1)NC(=O)CNCCCCC=CCOc1ccc-2cc1. The molecule has 1 aromatic heterocycles. The van der Waals surface area contributed by atoms with E-state index in [0.29, 0.717) is 47.2 Å². The van der Waals surface area contributed by atoms with Crippen molar-refractivity contribution in [2.24, 2.45) is 10.7 Å². The van der Waals surface area contributed by atoms with Crippen LogP contribution < -0.4 is 26.4 Å². The quantitative estimate of drug-likeness (QED) is 0.276. The predicted molar refractivity (Wildman–Crippen MR) is 156 cm³/mol. The van der Waals surface area contributed by atoms with Crippen molar-refractivity contribution >= 4 is 46.7 Å². The van der Waals surface area contributed by atoms with Crippen molar-refractivity contribution in [1.29, 1.82) is 0 Å². The van der Waals surface area contributed by atoms with Gasteiger partial charge in [0.05, 0.1) is 28.8 Å². The van der Waals surface area contributed by atoms with Crippen LogP contribution in [-0.2, 0) is 11.3 Å². The number of carbonyl (C=O) groups excluding carboxylic acids is 2. The van der Waals surface area contributed by atoms with E-state index in [1.165, 1.54) is 0 Å². The van der Waals surface area contributed by atoms with Crippen molar-refractivity contribution < 1.29 is 18.8 Å². The molecular formula is C28H30Cl2N6O4. The summed E-state index contributed by atoms with van der Waals surface area (Å²) in [6.07, 6.45) is 6.83. The van der Waals surface area contributed by atoms with E-state index in [1.54, 1.807) is 43.3 Å². The third-order valence-electron chi connectivity index (χ3n) is 6.03. The van der Waals surface area contributed by atoms with Gasteiger partial charge in [0.2, 0.25) is 5.91 Å². The third-order valence-corrected chi connectivity index (χ3v) is 6.63. The summed E-state index contributed by atoms with van der Waals surface area (Å²) in [5.74, 6) is 0.138. The summed E-state index contributed by atoms with van der Waals surface area (Å²) in [5.41, 5.74) is 8.25. The smallest absolute Gasteiger partial charge is 0.263 e. The number of halogens is 2. The van der Waals surface area contributed by atoms with Gasteiger partial charge in [-0.3, -0.25) is 14.9 Å².